The molecule has 5 aromatic rings. The Labute approximate surface area is 423 Å². The molecule has 0 bridgehead atoms. The number of thiophene rings is 1. The van der Waals surface area contributed by atoms with Crippen molar-refractivity contribution < 1.29 is 51.4 Å². The number of pyridine rings is 1. The number of likely N-dealkylation sites (tertiary alicyclic amines) is 1. The van der Waals surface area contributed by atoms with Gasteiger partial charge in [0.2, 0.25) is 11.8 Å². The highest BCUT2D eigenvalue weighted by Crippen LogP contribution is 2.34. The lowest BCUT2D eigenvalue weighted by molar-refractivity contribution is -0.142. The van der Waals surface area contributed by atoms with Crippen LogP contribution in [0.5, 0.6) is 11.6 Å². The number of nitrogens with zero attached hydrogens (tertiary/aromatic N) is 7. The minimum absolute atomic E-state index is 0.0123. The van der Waals surface area contributed by atoms with Crippen molar-refractivity contribution in [2.24, 2.45) is 18.9 Å². The molecule has 1 aromatic carbocycles. The summed E-state index contributed by atoms with van der Waals surface area (Å²) in [6.07, 6.45) is 9.20. The smallest absolute Gasteiger partial charge is 0.271 e. The zero-order chi connectivity index (χ0) is 50.9. The Morgan fingerprint density at radius 1 is 0.944 bits per heavy atom. The number of fused-ring (bicyclic) bond motifs is 2. The van der Waals surface area contributed by atoms with Gasteiger partial charge in [0.25, 0.3) is 17.7 Å². The second-order valence-electron chi connectivity index (χ2n) is 19.4. The Balaban J connectivity index is 0.777. The summed E-state index contributed by atoms with van der Waals surface area (Å²) in [7, 11) is 3.11. The molecule has 2 aliphatic heterocycles. The van der Waals surface area contributed by atoms with E-state index in [-0.39, 0.29) is 111 Å². The van der Waals surface area contributed by atoms with E-state index in [1.165, 1.54) is 9.47 Å². The van der Waals surface area contributed by atoms with Crippen LogP contribution in [0.1, 0.15) is 98.7 Å². The maximum atomic E-state index is 14.8. The van der Waals surface area contributed by atoms with Crippen LogP contribution < -0.4 is 14.8 Å². The number of piperidine rings is 1. The molecule has 1 N–H and O–H groups in total. The van der Waals surface area contributed by atoms with Gasteiger partial charge in [0, 0.05) is 89.0 Å². The summed E-state index contributed by atoms with van der Waals surface area (Å²) in [5.41, 5.74) is 1.08. The lowest BCUT2D eigenvalue weighted by Gasteiger charge is -2.43. The fourth-order valence-corrected chi connectivity index (χ4v) is 10.8. The predicted octanol–water partition coefficient (Wildman–Crippen LogP) is 7.07. The first-order valence-corrected chi connectivity index (χ1v) is 26.3. The normalized spacial score (nSPS) is 18.1. The van der Waals surface area contributed by atoms with Gasteiger partial charge in [-0.05, 0) is 73.7 Å². The minimum atomic E-state index is -1.15. The van der Waals surface area contributed by atoms with E-state index in [0.717, 1.165) is 86.1 Å². The molecule has 6 heterocycles. The van der Waals surface area contributed by atoms with Gasteiger partial charge >= 0.3 is 0 Å². The van der Waals surface area contributed by atoms with E-state index in [2.05, 4.69) is 20.4 Å². The van der Waals surface area contributed by atoms with Crippen molar-refractivity contribution in [3.05, 3.63) is 70.6 Å². The average Bonchev–Trinajstić information content (AvgIpc) is 4.13. The molecular weight excluding hydrogens is 951 g/mol. The number of aromatic nitrogens is 3. The van der Waals surface area contributed by atoms with Crippen molar-refractivity contribution in [3.8, 4) is 11.6 Å². The highest BCUT2D eigenvalue weighted by Gasteiger charge is 2.40. The van der Waals surface area contributed by atoms with Crippen LogP contribution in [0.4, 0.5) is 8.78 Å². The zero-order valence-corrected chi connectivity index (χ0v) is 42.9. The summed E-state index contributed by atoms with van der Waals surface area (Å²) in [5, 5.41) is 9.27. The molecule has 2 saturated heterocycles. The first-order chi connectivity index (χ1) is 34.8. The van der Waals surface area contributed by atoms with Crippen LogP contribution in [0.15, 0.2) is 46.4 Å². The fourth-order valence-electron chi connectivity index (χ4n) is 10.0. The SMILES string of the molecule is CC[C@@H](C)C(=O)N[C@H](C(=O)N1CCN(C(=O)c2c(C(=O)N(C)CCOCCOCCOc3cc(CN4CCC(Oc5ccnc6ccsc56)CC4)on3)c3cc(F)c(F)cc3n2C)C[C@H]1C)C1CCCCC1. The summed E-state index contributed by atoms with van der Waals surface area (Å²) in [6, 6.07) is 6.60. The maximum absolute atomic E-state index is 14.8. The van der Waals surface area contributed by atoms with Gasteiger partial charge in [-0.25, -0.2) is 8.78 Å². The van der Waals surface area contributed by atoms with Crippen molar-refractivity contribution in [2.45, 2.75) is 96.9 Å². The van der Waals surface area contributed by atoms with Gasteiger partial charge in [-0.1, -0.05) is 33.1 Å². The molecule has 0 radical (unpaired) electrons. The monoisotopic (exact) mass is 1020 g/mol. The van der Waals surface area contributed by atoms with E-state index in [9.17, 15) is 28.0 Å². The lowest BCUT2D eigenvalue weighted by Crippen LogP contribution is -2.61. The summed E-state index contributed by atoms with van der Waals surface area (Å²) in [5.74, 6) is -1.83. The maximum Gasteiger partial charge on any atom is 0.271 e. The number of carbonyl (C=O) groups is 4. The summed E-state index contributed by atoms with van der Waals surface area (Å²) >= 11 is 1.64. The number of aryl methyl sites for hydroxylation is 1. The molecule has 20 heteroatoms. The zero-order valence-electron chi connectivity index (χ0n) is 42.0. The number of hydrogen-bond acceptors (Lipinski definition) is 13. The van der Waals surface area contributed by atoms with Crippen molar-refractivity contribution in [3.63, 3.8) is 0 Å². The Hall–Kier alpha value is -5.70. The van der Waals surface area contributed by atoms with Crippen LogP contribution >= 0.6 is 11.3 Å². The van der Waals surface area contributed by atoms with E-state index >= 15 is 0 Å². The van der Waals surface area contributed by atoms with Gasteiger partial charge < -0.3 is 48.1 Å². The molecule has 8 rings (SSSR count). The Morgan fingerprint density at radius 3 is 2.43 bits per heavy atom. The summed E-state index contributed by atoms with van der Waals surface area (Å²) in [4.78, 5) is 67.5. The molecule has 17 nitrogen and oxygen atoms in total. The summed E-state index contributed by atoms with van der Waals surface area (Å²) in [6.45, 7) is 9.85. The number of carbonyl (C=O) groups excluding carboxylic acids is 4. The Kier molecular flexibility index (Phi) is 17.8. The van der Waals surface area contributed by atoms with Crippen LogP contribution in [0.2, 0.25) is 0 Å². The Morgan fingerprint density at radius 2 is 1.68 bits per heavy atom. The van der Waals surface area contributed by atoms with Crippen LogP contribution in [0, 0.1) is 23.5 Å². The highest BCUT2D eigenvalue weighted by atomic mass is 32.1. The quantitative estimate of drug-likeness (QED) is 0.0743. The third-order valence-corrected chi connectivity index (χ3v) is 15.3. The first kappa shape index (κ1) is 52.6. The van der Waals surface area contributed by atoms with Crippen molar-refractivity contribution in [2.75, 3.05) is 79.4 Å². The van der Waals surface area contributed by atoms with E-state index < -0.39 is 35.5 Å². The van der Waals surface area contributed by atoms with Gasteiger partial charge in [-0.15, -0.1) is 11.3 Å². The van der Waals surface area contributed by atoms with Crippen LogP contribution in [0.25, 0.3) is 21.1 Å². The fraction of sp³-hybridized carbons (Fsp3) is 0.577. The average molecular weight is 1020 g/mol. The van der Waals surface area contributed by atoms with Gasteiger partial charge in [0.1, 0.15) is 30.2 Å². The molecule has 4 amide bonds. The number of amides is 4. The van der Waals surface area contributed by atoms with Gasteiger partial charge in [-0.2, -0.15) is 0 Å². The van der Waals surface area contributed by atoms with Gasteiger partial charge in [-0.3, -0.25) is 29.1 Å². The van der Waals surface area contributed by atoms with E-state index in [4.69, 9.17) is 23.5 Å². The third-order valence-electron chi connectivity index (χ3n) is 14.4. The van der Waals surface area contributed by atoms with E-state index in [0.29, 0.717) is 24.6 Å². The van der Waals surface area contributed by atoms with Crippen LogP contribution in [-0.4, -0.2) is 155 Å². The number of ether oxygens (including phenoxy) is 4. The molecule has 1 saturated carbocycles. The second kappa shape index (κ2) is 24.3. The number of likely N-dealkylation sites (N-methyl/N-ethyl adjacent to an activating group) is 1. The largest absolute Gasteiger partial charge is 0.489 e. The number of piperazine rings is 1. The highest BCUT2D eigenvalue weighted by molar-refractivity contribution is 7.17. The molecule has 3 atom stereocenters. The Bertz CT molecular complexity index is 2660. The van der Waals surface area contributed by atoms with Crippen LogP contribution in [-0.2, 0) is 32.7 Å². The molecule has 0 unspecified atom stereocenters. The van der Waals surface area contributed by atoms with E-state index in [1.54, 1.807) is 47.5 Å². The predicted molar refractivity (Wildman–Crippen MR) is 267 cm³/mol. The standard InChI is InChI=1S/C52H68F2N8O9S/c1-6-33(2)49(63)56-46(35-10-8-7-9-11-35)51(65)62-20-19-61(31-34(62)3)52(66)47-45(38-29-39(53)40(54)30-42(38)59(47)5)50(64)58(4)21-22-67-23-24-68-25-26-69-44-28-37(71-57-44)32-60-17-13-36(14-18-60)70-43-12-16-55-41-15-27-72-48(41)43/h12,15-16,27-30,33-36,46H,6-11,13-14,17-26,31-32H2,1-5H3,(H,56,63)/t33-,34-,46+/m1/s1. The number of nitrogens with one attached hydrogen (secondary N) is 1. The molecule has 1 aliphatic carbocycles. The van der Waals surface area contributed by atoms with Gasteiger partial charge in [0.15, 0.2) is 17.4 Å². The molecule has 390 valence electrons. The van der Waals surface area contributed by atoms with E-state index in [1.807, 2.05) is 38.3 Å². The lowest BCUT2D eigenvalue weighted by atomic mass is 9.82. The van der Waals surface area contributed by atoms with Crippen molar-refractivity contribution in [1.82, 2.24) is 39.6 Å². The first-order valence-electron chi connectivity index (χ1n) is 25.4. The minimum Gasteiger partial charge on any atom is -0.489 e. The molecule has 4 aromatic heterocycles. The number of halogens is 2. The topological polar surface area (TPSA) is 174 Å². The van der Waals surface area contributed by atoms with Crippen molar-refractivity contribution in [1.29, 1.82) is 0 Å². The number of hydrogen-bond donors (Lipinski definition) is 1. The molecule has 72 heavy (non-hydrogen) atoms. The second-order valence-corrected chi connectivity index (χ2v) is 20.3. The number of benzene rings is 1. The number of rotatable bonds is 21. The molecule has 0 spiro atoms. The van der Waals surface area contributed by atoms with Gasteiger partial charge in [0.05, 0.1) is 54.3 Å². The third kappa shape index (κ3) is 12.4. The molecule has 3 aliphatic rings. The van der Waals surface area contributed by atoms with Crippen molar-refractivity contribution >= 4 is 56.1 Å². The van der Waals surface area contributed by atoms with Crippen LogP contribution in [0.3, 0.4) is 0 Å². The summed E-state index contributed by atoms with van der Waals surface area (Å²) < 4.78 is 61.1. The molecular formula is C52H68F2N8O9S. The molecule has 3 fully saturated rings.